The third-order valence-corrected chi connectivity index (χ3v) is 4.01. The first-order chi connectivity index (χ1) is 11.1. The summed E-state index contributed by atoms with van der Waals surface area (Å²) in [6.45, 7) is 9.58. The van der Waals surface area contributed by atoms with E-state index >= 15 is 0 Å². The molecule has 0 spiro atoms. The van der Waals surface area contributed by atoms with E-state index in [0.717, 1.165) is 6.07 Å². The van der Waals surface area contributed by atoms with Crippen molar-refractivity contribution in [3.05, 3.63) is 25.7 Å². The van der Waals surface area contributed by atoms with Gasteiger partial charge in [0.2, 0.25) is 0 Å². The number of anilines is 1. The molecule has 0 saturated heterocycles. The Balaban J connectivity index is 3.50. The van der Waals surface area contributed by atoms with Crippen LogP contribution in [0.5, 0.6) is 0 Å². The van der Waals surface area contributed by atoms with Gasteiger partial charge in [-0.15, -0.1) is 0 Å². The first kappa shape index (κ1) is 22.1. The number of hydrogen-bond acceptors (Lipinski definition) is 4. The van der Waals surface area contributed by atoms with Crippen molar-refractivity contribution in [2.45, 2.75) is 52.7 Å². The van der Waals surface area contributed by atoms with Crippen molar-refractivity contribution < 1.29 is 27.8 Å². The van der Waals surface area contributed by atoms with Crippen LogP contribution in [0.1, 0.15) is 41.5 Å². The van der Waals surface area contributed by atoms with Crippen molar-refractivity contribution in [1.82, 2.24) is 0 Å². The van der Waals surface area contributed by atoms with Crippen molar-refractivity contribution in [1.29, 1.82) is 0 Å². The zero-order valence-electron chi connectivity index (χ0n) is 14.7. The predicted molar refractivity (Wildman–Crippen MR) is 102 cm³/mol. The van der Waals surface area contributed by atoms with Gasteiger partial charge in [0, 0.05) is 3.57 Å². The van der Waals surface area contributed by atoms with Crippen LogP contribution in [0, 0.1) is 15.2 Å². The van der Waals surface area contributed by atoms with Crippen LogP contribution in [0.15, 0.2) is 10.5 Å². The molecule has 1 rings (SSSR count). The van der Waals surface area contributed by atoms with E-state index in [1.165, 1.54) is 0 Å². The lowest BCUT2D eigenvalue weighted by molar-refractivity contribution is 0.0428. The molecular formula is C16H19BrF2INO4. The van der Waals surface area contributed by atoms with Crippen LogP contribution in [-0.2, 0) is 9.47 Å². The molecule has 0 radical (unpaired) electrons. The van der Waals surface area contributed by atoms with Gasteiger partial charge in [-0.2, -0.15) is 4.90 Å². The average Bonchev–Trinajstić information content (AvgIpc) is 2.36. The second-order valence-electron chi connectivity index (χ2n) is 7.11. The highest BCUT2D eigenvalue weighted by Gasteiger charge is 2.36. The number of carbonyl (C=O) groups excluding carboxylic acids is 2. The summed E-state index contributed by atoms with van der Waals surface area (Å²) >= 11 is 4.40. The lowest BCUT2D eigenvalue weighted by Gasteiger charge is -2.29. The maximum Gasteiger partial charge on any atom is 0.424 e. The Bertz CT molecular complexity index is 671. The summed E-state index contributed by atoms with van der Waals surface area (Å²) in [6, 6.07) is 0.991. The summed E-state index contributed by atoms with van der Waals surface area (Å²) in [5.41, 5.74) is -2.31. The van der Waals surface area contributed by atoms with E-state index in [9.17, 15) is 18.4 Å². The first-order valence-corrected chi connectivity index (χ1v) is 9.10. The topological polar surface area (TPSA) is 55.8 Å². The molecule has 1 aromatic rings. The molecule has 0 unspecified atom stereocenters. The number of halogens is 4. The Morgan fingerprint density at radius 1 is 1.04 bits per heavy atom. The summed E-state index contributed by atoms with van der Waals surface area (Å²) < 4.78 is 38.2. The fraction of sp³-hybridized carbons (Fsp3) is 0.500. The number of imide groups is 1. The maximum atomic E-state index is 14.6. The number of carbonyl (C=O) groups is 2. The van der Waals surface area contributed by atoms with Crippen LogP contribution in [-0.4, -0.2) is 23.4 Å². The van der Waals surface area contributed by atoms with Gasteiger partial charge >= 0.3 is 12.2 Å². The quantitative estimate of drug-likeness (QED) is 0.252. The van der Waals surface area contributed by atoms with Crippen molar-refractivity contribution in [2.75, 3.05) is 4.90 Å². The SMILES string of the molecule is CC(C)(C)OC(=O)N(C(=O)OC(C)(C)C)c1c(I)cc(F)c(Br)c1F. The van der Waals surface area contributed by atoms with Gasteiger partial charge in [-0.1, -0.05) is 0 Å². The number of nitrogens with zero attached hydrogens (tertiary/aromatic N) is 1. The Kier molecular flexibility index (Phi) is 6.82. The molecule has 2 amide bonds. The molecule has 9 heteroatoms. The first-order valence-electron chi connectivity index (χ1n) is 7.23. The lowest BCUT2D eigenvalue weighted by Crippen LogP contribution is -2.44. The largest absolute Gasteiger partial charge is 0.443 e. The molecule has 5 nitrogen and oxygen atoms in total. The second-order valence-corrected chi connectivity index (χ2v) is 9.07. The minimum atomic E-state index is -1.13. The van der Waals surface area contributed by atoms with Gasteiger partial charge in [-0.3, -0.25) is 0 Å². The Labute approximate surface area is 167 Å². The van der Waals surface area contributed by atoms with Crippen molar-refractivity contribution in [2.24, 2.45) is 0 Å². The van der Waals surface area contributed by atoms with Gasteiger partial charge < -0.3 is 9.47 Å². The third-order valence-electron chi connectivity index (χ3n) is 2.47. The molecule has 0 atom stereocenters. The number of rotatable bonds is 1. The fourth-order valence-electron chi connectivity index (χ4n) is 1.63. The standard InChI is InChI=1S/C16H19BrF2INO4/c1-15(2,3)24-13(22)21(14(23)25-16(4,5)6)12-9(20)7-8(18)10(17)11(12)19/h7H,1-6H3. The molecule has 140 valence electrons. The molecular weight excluding hydrogens is 515 g/mol. The van der Waals surface area contributed by atoms with Crippen LogP contribution in [0.3, 0.4) is 0 Å². The minimum absolute atomic E-state index is 0.00696. The normalized spacial score (nSPS) is 11.9. The second kappa shape index (κ2) is 7.73. The highest BCUT2D eigenvalue weighted by molar-refractivity contribution is 14.1. The molecule has 0 bridgehead atoms. The van der Waals surface area contributed by atoms with Gasteiger partial charge in [-0.05, 0) is 86.1 Å². The van der Waals surface area contributed by atoms with Gasteiger partial charge in [0.15, 0.2) is 5.82 Å². The molecule has 0 aliphatic carbocycles. The Morgan fingerprint density at radius 2 is 1.44 bits per heavy atom. The van der Waals surface area contributed by atoms with E-state index in [4.69, 9.17) is 9.47 Å². The summed E-state index contributed by atoms with van der Waals surface area (Å²) in [5.74, 6) is -1.97. The van der Waals surface area contributed by atoms with E-state index < -0.39 is 45.2 Å². The van der Waals surface area contributed by atoms with Gasteiger partial charge in [0.25, 0.3) is 0 Å². The van der Waals surface area contributed by atoms with Crippen molar-refractivity contribution in [3.63, 3.8) is 0 Å². The molecule has 0 aliphatic rings. The van der Waals surface area contributed by atoms with E-state index in [-0.39, 0.29) is 3.57 Å². The van der Waals surface area contributed by atoms with Crippen LogP contribution < -0.4 is 4.90 Å². The monoisotopic (exact) mass is 533 g/mol. The number of ether oxygens (including phenoxy) is 2. The van der Waals surface area contributed by atoms with Crippen LogP contribution in [0.25, 0.3) is 0 Å². The number of hydrogen-bond donors (Lipinski definition) is 0. The van der Waals surface area contributed by atoms with Crippen molar-refractivity contribution in [3.8, 4) is 0 Å². The maximum absolute atomic E-state index is 14.6. The Morgan fingerprint density at radius 3 is 1.80 bits per heavy atom. The molecule has 25 heavy (non-hydrogen) atoms. The highest BCUT2D eigenvalue weighted by atomic mass is 127. The van der Waals surface area contributed by atoms with Crippen LogP contribution in [0.4, 0.5) is 24.1 Å². The van der Waals surface area contributed by atoms with E-state index in [1.54, 1.807) is 64.1 Å². The lowest BCUT2D eigenvalue weighted by atomic mass is 10.2. The zero-order chi connectivity index (χ0) is 19.7. The highest BCUT2D eigenvalue weighted by Crippen LogP contribution is 2.35. The summed E-state index contributed by atoms with van der Waals surface area (Å²) in [5, 5.41) is 0. The molecule has 0 heterocycles. The minimum Gasteiger partial charge on any atom is -0.443 e. The van der Waals surface area contributed by atoms with Gasteiger partial charge in [-0.25, -0.2) is 18.4 Å². The predicted octanol–water partition coefficient (Wildman–Crippen LogP) is 6.01. The zero-order valence-corrected chi connectivity index (χ0v) is 18.4. The average molecular weight is 534 g/mol. The molecule has 0 aliphatic heterocycles. The van der Waals surface area contributed by atoms with Crippen LogP contribution in [0.2, 0.25) is 0 Å². The smallest absolute Gasteiger partial charge is 0.424 e. The molecule has 0 fully saturated rings. The summed E-state index contributed by atoms with van der Waals surface area (Å²) in [4.78, 5) is 25.5. The molecule has 0 N–H and O–H groups in total. The summed E-state index contributed by atoms with van der Waals surface area (Å²) in [6.07, 6.45) is -2.26. The van der Waals surface area contributed by atoms with Gasteiger partial charge in [0.05, 0.1) is 4.47 Å². The number of benzene rings is 1. The van der Waals surface area contributed by atoms with Crippen LogP contribution >= 0.6 is 38.5 Å². The Hall–Kier alpha value is -0.970. The molecule has 0 saturated carbocycles. The van der Waals surface area contributed by atoms with E-state index in [0.29, 0.717) is 4.90 Å². The number of amides is 2. The third kappa shape index (κ3) is 6.05. The molecule has 0 aromatic heterocycles. The van der Waals surface area contributed by atoms with E-state index in [2.05, 4.69) is 15.9 Å². The van der Waals surface area contributed by atoms with E-state index in [1.807, 2.05) is 0 Å². The van der Waals surface area contributed by atoms with Gasteiger partial charge in [0.1, 0.15) is 22.7 Å². The molecule has 1 aromatic carbocycles. The van der Waals surface area contributed by atoms with Crippen molar-refractivity contribution >= 4 is 56.4 Å². The summed E-state index contributed by atoms with van der Waals surface area (Å²) in [7, 11) is 0. The fourth-order valence-corrected chi connectivity index (χ4v) is 2.69.